The summed E-state index contributed by atoms with van der Waals surface area (Å²) in [7, 11) is 0. The number of hydrogen-bond acceptors (Lipinski definition) is 3. The molecule has 5 nitrogen and oxygen atoms in total. The number of nitrogens with zero attached hydrogens (tertiary/aromatic N) is 1. The van der Waals surface area contributed by atoms with Crippen LogP contribution in [0.5, 0.6) is 0 Å². The summed E-state index contributed by atoms with van der Waals surface area (Å²) in [6.07, 6.45) is 8.76. The Labute approximate surface area is 115 Å². The van der Waals surface area contributed by atoms with E-state index < -0.39 is 0 Å². The van der Waals surface area contributed by atoms with E-state index in [1.54, 1.807) is 6.08 Å². The van der Waals surface area contributed by atoms with Crippen LogP contribution in [0.25, 0.3) is 0 Å². The molecule has 3 N–H and O–H groups in total. The van der Waals surface area contributed by atoms with E-state index in [9.17, 15) is 0 Å². The van der Waals surface area contributed by atoms with Crippen LogP contribution in [-0.2, 0) is 9.47 Å². The molecule has 0 aromatic rings. The molecule has 1 aliphatic carbocycles. The fourth-order valence-corrected chi connectivity index (χ4v) is 2.67. The first-order valence-electron chi connectivity index (χ1n) is 7.20. The highest BCUT2D eigenvalue weighted by molar-refractivity contribution is 5.77. The van der Waals surface area contributed by atoms with Gasteiger partial charge in [-0.25, -0.2) is 0 Å². The van der Waals surface area contributed by atoms with Gasteiger partial charge in [-0.15, -0.1) is 6.58 Å². The Morgan fingerprint density at radius 1 is 1.37 bits per heavy atom. The van der Waals surface area contributed by atoms with Crippen LogP contribution in [0.1, 0.15) is 38.5 Å². The van der Waals surface area contributed by atoms with Gasteiger partial charge >= 0.3 is 0 Å². The largest absolute Gasteiger partial charge is 0.370 e. The lowest BCUT2D eigenvalue weighted by Crippen LogP contribution is -2.33. The zero-order valence-electron chi connectivity index (χ0n) is 11.6. The number of hydrogen-bond donors (Lipinski definition) is 2. The maximum Gasteiger partial charge on any atom is 0.188 e. The van der Waals surface area contributed by atoms with Crippen LogP contribution in [-0.4, -0.2) is 37.5 Å². The predicted molar refractivity (Wildman–Crippen MR) is 75.9 cm³/mol. The van der Waals surface area contributed by atoms with E-state index in [0.717, 1.165) is 12.8 Å². The fourth-order valence-electron chi connectivity index (χ4n) is 2.67. The Balaban J connectivity index is 1.79. The second kappa shape index (κ2) is 6.91. The zero-order valence-corrected chi connectivity index (χ0v) is 11.6. The van der Waals surface area contributed by atoms with Gasteiger partial charge in [0.2, 0.25) is 0 Å². The molecule has 1 atom stereocenters. The van der Waals surface area contributed by atoms with Crippen LogP contribution in [0.2, 0.25) is 0 Å². The Hall–Kier alpha value is -1.07. The third kappa shape index (κ3) is 4.21. The molecule has 0 amide bonds. The molecular formula is C14H25N3O2. The van der Waals surface area contributed by atoms with Crippen molar-refractivity contribution in [1.82, 2.24) is 5.32 Å². The second-order valence-corrected chi connectivity index (χ2v) is 5.27. The number of aliphatic imine (C=N–C) groups is 1. The van der Waals surface area contributed by atoms with Gasteiger partial charge in [-0.1, -0.05) is 18.9 Å². The lowest BCUT2D eigenvalue weighted by atomic mass is 10.1. The van der Waals surface area contributed by atoms with Crippen molar-refractivity contribution in [2.75, 3.05) is 19.7 Å². The molecule has 0 radical (unpaired) electrons. The van der Waals surface area contributed by atoms with E-state index in [1.807, 2.05) is 0 Å². The van der Waals surface area contributed by atoms with E-state index in [1.165, 1.54) is 25.7 Å². The third-order valence-electron chi connectivity index (χ3n) is 3.67. The standard InChI is InChI=1S/C14H25N3O2/c1-2-9-16-13(15)17-10-12-11-18-14(19-12)7-5-3-4-6-8-14/h2,12H,1,3-11H2,(H3,15,16,17). The Morgan fingerprint density at radius 2 is 2.11 bits per heavy atom. The monoisotopic (exact) mass is 267 g/mol. The first-order valence-corrected chi connectivity index (χ1v) is 7.20. The smallest absolute Gasteiger partial charge is 0.188 e. The van der Waals surface area contributed by atoms with Crippen LogP contribution < -0.4 is 11.1 Å². The van der Waals surface area contributed by atoms with E-state index in [2.05, 4.69) is 16.9 Å². The number of guanidine groups is 1. The topological polar surface area (TPSA) is 68.9 Å². The van der Waals surface area contributed by atoms with Crippen LogP contribution >= 0.6 is 0 Å². The zero-order chi connectivity index (χ0) is 13.6. The number of ether oxygens (including phenoxy) is 2. The van der Waals surface area contributed by atoms with Crippen molar-refractivity contribution in [3.8, 4) is 0 Å². The molecule has 1 heterocycles. The predicted octanol–water partition coefficient (Wildman–Crippen LogP) is 1.54. The van der Waals surface area contributed by atoms with Crippen LogP contribution in [0, 0.1) is 0 Å². The highest BCUT2D eigenvalue weighted by Gasteiger charge is 2.41. The summed E-state index contributed by atoms with van der Waals surface area (Å²) < 4.78 is 12.0. The quantitative estimate of drug-likeness (QED) is 0.460. The third-order valence-corrected chi connectivity index (χ3v) is 3.67. The minimum atomic E-state index is -0.333. The molecule has 5 heteroatoms. The highest BCUT2D eigenvalue weighted by atomic mass is 16.7. The summed E-state index contributed by atoms with van der Waals surface area (Å²) in [6.45, 7) is 5.42. The van der Waals surface area contributed by atoms with Gasteiger partial charge in [-0.3, -0.25) is 4.99 Å². The van der Waals surface area contributed by atoms with Gasteiger partial charge in [0.15, 0.2) is 11.7 Å². The van der Waals surface area contributed by atoms with Crippen LogP contribution in [0.4, 0.5) is 0 Å². The normalized spacial score (nSPS) is 27.2. The first kappa shape index (κ1) is 14.3. The molecule has 0 aromatic heterocycles. The lowest BCUT2D eigenvalue weighted by molar-refractivity contribution is -0.174. The molecule has 19 heavy (non-hydrogen) atoms. The molecule has 1 spiro atoms. The molecule has 0 aromatic carbocycles. The molecule has 0 bridgehead atoms. The SMILES string of the molecule is C=CCNC(N)=NCC1COC2(CCCCCC2)O1. The molecule has 2 fully saturated rings. The maximum absolute atomic E-state index is 6.09. The summed E-state index contributed by atoms with van der Waals surface area (Å²) >= 11 is 0. The Bertz CT molecular complexity index is 323. The van der Waals surface area contributed by atoms with Gasteiger partial charge in [-0.05, 0) is 12.8 Å². The number of nitrogens with one attached hydrogen (secondary N) is 1. The Kier molecular flexibility index (Phi) is 5.22. The van der Waals surface area contributed by atoms with Crippen LogP contribution in [0.3, 0.4) is 0 Å². The molecule has 1 saturated heterocycles. The molecule has 1 unspecified atom stereocenters. The summed E-state index contributed by atoms with van der Waals surface area (Å²) in [6, 6.07) is 0. The van der Waals surface area contributed by atoms with Gasteiger partial charge in [-0.2, -0.15) is 0 Å². The minimum absolute atomic E-state index is 0.0298. The summed E-state index contributed by atoms with van der Waals surface area (Å²) in [4.78, 5) is 4.28. The summed E-state index contributed by atoms with van der Waals surface area (Å²) in [5.74, 6) is 0.102. The van der Waals surface area contributed by atoms with Gasteiger partial charge in [0.1, 0.15) is 6.10 Å². The average Bonchev–Trinajstić information content (AvgIpc) is 2.66. The van der Waals surface area contributed by atoms with E-state index in [0.29, 0.717) is 25.7 Å². The van der Waals surface area contributed by atoms with Crippen molar-refractivity contribution in [3.63, 3.8) is 0 Å². The van der Waals surface area contributed by atoms with Gasteiger partial charge in [0.25, 0.3) is 0 Å². The van der Waals surface area contributed by atoms with Gasteiger partial charge in [0.05, 0.1) is 13.2 Å². The van der Waals surface area contributed by atoms with Crippen molar-refractivity contribution < 1.29 is 9.47 Å². The lowest BCUT2D eigenvalue weighted by Gasteiger charge is -2.26. The minimum Gasteiger partial charge on any atom is -0.370 e. The summed E-state index contributed by atoms with van der Waals surface area (Å²) in [5.41, 5.74) is 5.73. The second-order valence-electron chi connectivity index (χ2n) is 5.27. The Morgan fingerprint density at radius 3 is 2.79 bits per heavy atom. The maximum atomic E-state index is 6.09. The molecule has 1 aliphatic heterocycles. The van der Waals surface area contributed by atoms with Gasteiger partial charge in [0, 0.05) is 19.4 Å². The molecule has 2 aliphatic rings. The van der Waals surface area contributed by atoms with Gasteiger partial charge < -0.3 is 20.5 Å². The average molecular weight is 267 g/mol. The van der Waals surface area contributed by atoms with E-state index >= 15 is 0 Å². The fraction of sp³-hybridized carbons (Fsp3) is 0.786. The molecule has 1 saturated carbocycles. The number of rotatable bonds is 4. The van der Waals surface area contributed by atoms with Crippen molar-refractivity contribution in [2.45, 2.75) is 50.4 Å². The van der Waals surface area contributed by atoms with Crippen molar-refractivity contribution >= 4 is 5.96 Å². The van der Waals surface area contributed by atoms with E-state index in [4.69, 9.17) is 15.2 Å². The molecule has 108 valence electrons. The van der Waals surface area contributed by atoms with Crippen molar-refractivity contribution in [3.05, 3.63) is 12.7 Å². The summed E-state index contributed by atoms with van der Waals surface area (Å²) in [5, 5.41) is 2.95. The number of nitrogens with two attached hydrogens (primary N) is 1. The molecule has 2 rings (SSSR count). The first-order chi connectivity index (χ1) is 9.24. The van der Waals surface area contributed by atoms with Crippen molar-refractivity contribution in [2.24, 2.45) is 10.7 Å². The van der Waals surface area contributed by atoms with E-state index in [-0.39, 0.29) is 11.9 Å². The van der Waals surface area contributed by atoms with Crippen LogP contribution in [0.15, 0.2) is 17.6 Å². The highest BCUT2D eigenvalue weighted by Crippen LogP contribution is 2.36. The van der Waals surface area contributed by atoms with Crippen molar-refractivity contribution in [1.29, 1.82) is 0 Å². The molecular weight excluding hydrogens is 242 g/mol.